The van der Waals surface area contributed by atoms with Crippen LogP contribution in [0, 0.1) is 0 Å². The molecule has 0 bridgehead atoms. The Morgan fingerprint density at radius 3 is 2.42 bits per heavy atom. The van der Waals surface area contributed by atoms with Gasteiger partial charge in [-0.05, 0) is 32.0 Å². The number of Topliss-reactive ketones (excluding diaryl/α,β-unsaturated/α-hetero) is 1. The number of carbonyl (C=O) groups excluding carboxylic acids is 2. The summed E-state index contributed by atoms with van der Waals surface area (Å²) in [4.78, 5) is 36.9. The third-order valence-corrected chi connectivity index (χ3v) is 4.61. The first-order valence-corrected chi connectivity index (χ1v) is 8.72. The highest BCUT2D eigenvalue weighted by atomic mass is 16.2. The zero-order valence-corrected chi connectivity index (χ0v) is 15.1. The molecule has 1 fully saturated rings. The molecule has 7 nitrogen and oxygen atoms in total. The van der Waals surface area contributed by atoms with E-state index >= 15 is 0 Å². The largest absolute Gasteiger partial charge is 0.338 e. The zero-order chi connectivity index (χ0) is 18.5. The minimum Gasteiger partial charge on any atom is -0.338 e. The summed E-state index contributed by atoms with van der Waals surface area (Å²) in [7, 11) is 0. The number of hydrogen-bond acceptors (Lipinski definition) is 6. The number of hydrogen-bond donors (Lipinski definition) is 1. The molecule has 1 aromatic carbocycles. The van der Waals surface area contributed by atoms with E-state index in [1.807, 2.05) is 6.92 Å². The van der Waals surface area contributed by atoms with Gasteiger partial charge in [-0.25, -0.2) is 9.97 Å². The van der Waals surface area contributed by atoms with Crippen LogP contribution in [0.2, 0.25) is 0 Å². The highest BCUT2D eigenvalue weighted by molar-refractivity contribution is 5.98. The maximum Gasteiger partial charge on any atom is 0.241 e. The van der Waals surface area contributed by atoms with Crippen molar-refractivity contribution in [3.8, 4) is 0 Å². The molecule has 0 aliphatic carbocycles. The van der Waals surface area contributed by atoms with Crippen molar-refractivity contribution in [3.05, 3.63) is 48.3 Å². The average molecular weight is 353 g/mol. The fraction of sp³-hybridized carbons (Fsp3) is 0.368. The van der Waals surface area contributed by atoms with Crippen molar-refractivity contribution in [1.29, 1.82) is 0 Å². The van der Waals surface area contributed by atoms with Gasteiger partial charge in [-0.15, -0.1) is 0 Å². The van der Waals surface area contributed by atoms with Crippen LogP contribution in [0.25, 0.3) is 0 Å². The lowest BCUT2D eigenvalue weighted by Crippen LogP contribution is -2.53. The molecule has 0 radical (unpaired) electrons. The Kier molecular flexibility index (Phi) is 5.58. The van der Waals surface area contributed by atoms with Crippen LogP contribution in [0.3, 0.4) is 0 Å². The van der Waals surface area contributed by atoms with E-state index in [1.54, 1.807) is 42.7 Å². The van der Waals surface area contributed by atoms with E-state index < -0.39 is 0 Å². The Morgan fingerprint density at radius 1 is 1.08 bits per heavy atom. The van der Waals surface area contributed by atoms with Crippen molar-refractivity contribution in [2.75, 3.05) is 36.4 Å². The van der Waals surface area contributed by atoms with Crippen molar-refractivity contribution in [1.82, 2.24) is 14.9 Å². The van der Waals surface area contributed by atoms with Gasteiger partial charge in [-0.1, -0.05) is 12.1 Å². The van der Waals surface area contributed by atoms with Gasteiger partial charge >= 0.3 is 0 Å². The molecule has 136 valence electrons. The summed E-state index contributed by atoms with van der Waals surface area (Å²) in [5, 5.41) is 2.91. The van der Waals surface area contributed by atoms with Crippen molar-refractivity contribution in [3.63, 3.8) is 0 Å². The Labute approximate surface area is 153 Å². The second-order valence-corrected chi connectivity index (χ2v) is 6.37. The smallest absolute Gasteiger partial charge is 0.241 e. The van der Waals surface area contributed by atoms with Crippen LogP contribution in [0.15, 0.2) is 42.7 Å². The number of carbonyl (C=O) groups is 2. The van der Waals surface area contributed by atoms with Gasteiger partial charge in [0.1, 0.15) is 0 Å². The zero-order valence-electron chi connectivity index (χ0n) is 15.1. The second-order valence-electron chi connectivity index (χ2n) is 6.37. The third-order valence-electron chi connectivity index (χ3n) is 4.61. The van der Waals surface area contributed by atoms with Crippen molar-refractivity contribution in [2.45, 2.75) is 19.9 Å². The molecule has 0 spiro atoms. The molecule has 0 saturated carbocycles. The molecule has 1 aliphatic heterocycles. The number of amides is 1. The van der Waals surface area contributed by atoms with E-state index in [0.717, 1.165) is 32.1 Å². The molecule has 1 amide bonds. The number of rotatable bonds is 5. The first-order valence-electron chi connectivity index (χ1n) is 8.72. The van der Waals surface area contributed by atoms with E-state index in [9.17, 15) is 9.59 Å². The normalized spacial score (nSPS) is 16.2. The van der Waals surface area contributed by atoms with Crippen LogP contribution >= 0.6 is 0 Å². The van der Waals surface area contributed by atoms with E-state index in [0.29, 0.717) is 11.3 Å². The van der Waals surface area contributed by atoms with Crippen molar-refractivity contribution >= 4 is 23.3 Å². The Bertz CT molecular complexity index is 773. The summed E-state index contributed by atoms with van der Waals surface area (Å²) in [5.41, 5.74) is 1.23. The number of aromatic nitrogens is 2. The lowest BCUT2D eigenvalue weighted by Gasteiger charge is -2.37. The second kappa shape index (κ2) is 8.05. The Morgan fingerprint density at radius 2 is 1.77 bits per heavy atom. The molecule has 2 aromatic rings. The molecular weight excluding hydrogens is 330 g/mol. The van der Waals surface area contributed by atoms with E-state index in [2.05, 4.69) is 25.1 Å². The Hall–Kier alpha value is -2.80. The molecule has 1 aromatic heterocycles. The molecule has 3 rings (SSSR count). The molecule has 1 atom stereocenters. The first-order chi connectivity index (χ1) is 12.5. The van der Waals surface area contributed by atoms with Gasteiger partial charge in [-0.3, -0.25) is 14.5 Å². The molecule has 7 heteroatoms. The summed E-state index contributed by atoms with van der Waals surface area (Å²) in [6, 6.07) is 8.56. The SMILES string of the molecule is CC(=O)c1cccc(NC(=O)C(C)N2CCN(c3ncccn3)CC2)c1. The number of piperazine rings is 1. The number of benzene rings is 1. The number of ketones is 1. The number of nitrogens with one attached hydrogen (secondary N) is 1. The van der Waals surface area contributed by atoms with Crippen LogP contribution in [-0.2, 0) is 4.79 Å². The van der Waals surface area contributed by atoms with Gasteiger partial charge in [0.2, 0.25) is 11.9 Å². The minimum absolute atomic E-state index is 0.0200. The van der Waals surface area contributed by atoms with Gasteiger partial charge in [0, 0.05) is 49.8 Å². The third kappa shape index (κ3) is 4.23. The molecule has 2 heterocycles. The van der Waals surface area contributed by atoms with Crippen molar-refractivity contribution in [2.24, 2.45) is 0 Å². The van der Waals surface area contributed by atoms with Crippen LogP contribution in [0.1, 0.15) is 24.2 Å². The van der Waals surface area contributed by atoms with Crippen LogP contribution in [0.5, 0.6) is 0 Å². The summed E-state index contributed by atoms with van der Waals surface area (Å²) < 4.78 is 0. The van der Waals surface area contributed by atoms with E-state index in [4.69, 9.17) is 0 Å². The highest BCUT2D eigenvalue weighted by Crippen LogP contribution is 2.15. The van der Waals surface area contributed by atoms with Gasteiger partial charge < -0.3 is 10.2 Å². The summed E-state index contributed by atoms with van der Waals surface area (Å²) in [5.74, 6) is 0.633. The van der Waals surface area contributed by atoms with Crippen LogP contribution in [-0.4, -0.2) is 58.8 Å². The molecule has 1 N–H and O–H groups in total. The van der Waals surface area contributed by atoms with Gasteiger partial charge in [-0.2, -0.15) is 0 Å². The maximum absolute atomic E-state index is 12.6. The first kappa shape index (κ1) is 18.0. The monoisotopic (exact) mass is 353 g/mol. The summed E-state index contributed by atoms with van der Waals surface area (Å²) >= 11 is 0. The maximum atomic E-state index is 12.6. The van der Waals surface area contributed by atoms with Crippen LogP contribution < -0.4 is 10.2 Å². The fourth-order valence-electron chi connectivity index (χ4n) is 2.99. The van der Waals surface area contributed by atoms with Gasteiger partial charge in [0.05, 0.1) is 6.04 Å². The predicted molar refractivity (Wildman–Crippen MR) is 100 cm³/mol. The quantitative estimate of drug-likeness (QED) is 0.826. The van der Waals surface area contributed by atoms with Crippen LogP contribution in [0.4, 0.5) is 11.6 Å². The van der Waals surface area contributed by atoms with Crippen molar-refractivity contribution < 1.29 is 9.59 Å². The topological polar surface area (TPSA) is 78.4 Å². The molecule has 26 heavy (non-hydrogen) atoms. The molecule has 1 saturated heterocycles. The molecular formula is C19H23N5O2. The number of anilines is 2. The standard InChI is InChI=1S/C19H23N5O2/c1-14(18(26)22-17-6-3-5-16(13-17)15(2)25)23-9-11-24(12-10-23)19-20-7-4-8-21-19/h3-8,13-14H,9-12H2,1-2H3,(H,22,26). The minimum atomic E-state index is -0.255. The predicted octanol–water partition coefficient (Wildman–Crippen LogP) is 1.83. The average Bonchev–Trinajstić information content (AvgIpc) is 2.68. The molecule has 1 aliphatic rings. The fourth-order valence-corrected chi connectivity index (χ4v) is 2.99. The van der Waals surface area contributed by atoms with Gasteiger partial charge in [0.25, 0.3) is 0 Å². The lowest BCUT2D eigenvalue weighted by molar-refractivity contribution is -0.120. The Balaban J connectivity index is 1.56. The lowest BCUT2D eigenvalue weighted by atomic mass is 10.1. The molecule has 1 unspecified atom stereocenters. The van der Waals surface area contributed by atoms with Gasteiger partial charge in [0.15, 0.2) is 5.78 Å². The van der Waals surface area contributed by atoms with E-state index in [1.165, 1.54) is 6.92 Å². The summed E-state index contributed by atoms with van der Waals surface area (Å²) in [6.45, 7) is 6.50. The summed E-state index contributed by atoms with van der Waals surface area (Å²) in [6.07, 6.45) is 3.47. The highest BCUT2D eigenvalue weighted by Gasteiger charge is 2.26. The van der Waals surface area contributed by atoms with E-state index in [-0.39, 0.29) is 17.7 Å². The number of nitrogens with zero attached hydrogens (tertiary/aromatic N) is 4.